The molecular weight excluding hydrogens is 443 g/mol. The first-order valence-corrected chi connectivity index (χ1v) is 10.5. The van der Waals surface area contributed by atoms with Gasteiger partial charge in [-0.2, -0.15) is 5.10 Å². The van der Waals surface area contributed by atoms with Gasteiger partial charge in [0.25, 0.3) is 0 Å². The van der Waals surface area contributed by atoms with Gasteiger partial charge in [0.1, 0.15) is 6.61 Å². The molecule has 0 unspecified atom stereocenters. The van der Waals surface area contributed by atoms with E-state index < -0.39 is 0 Å². The van der Waals surface area contributed by atoms with Gasteiger partial charge in [-0.1, -0.05) is 53.0 Å². The summed E-state index contributed by atoms with van der Waals surface area (Å²) < 4.78 is 11.7. The summed E-state index contributed by atoms with van der Waals surface area (Å²) in [6.07, 6.45) is 1.70. The lowest BCUT2D eigenvalue weighted by Gasteiger charge is -2.13. The molecule has 3 rings (SSSR count). The van der Waals surface area contributed by atoms with Gasteiger partial charge >= 0.3 is 0 Å². The first-order chi connectivity index (χ1) is 14.6. The van der Waals surface area contributed by atoms with E-state index >= 15 is 0 Å². The quantitative estimate of drug-likeness (QED) is 0.282. The van der Waals surface area contributed by atoms with E-state index in [1.807, 2.05) is 55.5 Å². The smallest absolute Gasteiger partial charge is 0.161 e. The minimum absolute atomic E-state index is 0.421. The van der Waals surface area contributed by atoms with Crippen molar-refractivity contribution in [3.63, 3.8) is 0 Å². The third-order valence-electron chi connectivity index (χ3n) is 4.20. The molecule has 0 bridgehead atoms. The Hall–Kier alpha value is -2.40. The predicted molar refractivity (Wildman–Crippen MR) is 124 cm³/mol. The van der Waals surface area contributed by atoms with Crippen LogP contribution in [-0.4, -0.2) is 12.8 Å². The normalized spacial score (nSPS) is 10.9. The van der Waals surface area contributed by atoms with E-state index in [0.717, 1.165) is 16.7 Å². The highest BCUT2D eigenvalue weighted by Gasteiger charge is 2.07. The van der Waals surface area contributed by atoms with E-state index in [1.165, 1.54) is 0 Å². The molecule has 3 aromatic carbocycles. The molecule has 0 radical (unpaired) electrons. The molecule has 3 aromatic rings. The van der Waals surface area contributed by atoms with Gasteiger partial charge in [0.05, 0.1) is 19.4 Å². The fourth-order valence-corrected chi connectivity index (χ4v) is 3.34. The van der Waals surface area contributed by atoms with Crippen LogP contribution in [0.2, 0.25) is 15.1 Å². The molecule has 0 aliphatic rings. The Labute approximate surface area is 191 Å². The maximum atomic E-state index is 6.17. The molecule has 0 saturated carbocycles. The predicted octanol–water partition coefficient (Wildman–Crippen LogP) is 6.75. The average Bonchev–Trinajstić information content (AvgIpc) is 2.73. The monoisotopic (exact) mass is 462 g/mol. The summed E-state index contributed by atoms with van der Waals surface area (Å²) >= 11 is 18.3. The van der Waals surface area contributed by atoms with E-state index in [4.69, 9.17) is 44.3 Å². The minimum Gasteiger partial charge on any atom is -0.490 e. The second kappa shape index (κ2) is 11.1. The highest BCUT2D eigenvalue weighted by atomic mass is 35.5. The average molecular weight is 464 g/mol. The first-order valence-electron chi connectivity index (χ1n) is 9.39. The number of hydrazone groups is 1. The van der Waals surface area contributed by atoms with Crippen molar-refractivity contribution in [2.75, 3.05) is 6.61 Å². The largest absolute Gasteiger partial charge is 0.490 e. The van der Waals surface area contributed by atoms with Crippen LogP contribution in [0.4, 0.5) is 0 Å². The summed E-state index contributed by atoms with van der Waals surface area (Å²) in [5.41, 5.74) is 5.66. The summed E-state index contributed by atoms with van der Waals surface area (Å²) in [5.74, 6) is 1.32. The Morgan fingerprint density at radius 2 is 1.63 bits per heavy atom. The van der Waals surface area contributed by atoms with Crippen LogP contribution < -0.4 is 14.9 Å². The lowest BCUT2D eigenvalue weighted by Crippen LogP contribution is -2.07. The zero-order valence-electron chi connectivity index (χ0n) is 16.4. The van der Waals surface area contributed by atoms with Crippen molar-refractivity contribution in [3.05, 3.63) is 92.4 Å². The number of ether oxygens (including phenoxy) is 2. The molecular formula is C23H21Cl3N2O2. The molecule has 0 spiro atoms. The summed E-state index contributed by atoms with van der Waals surface area (Å²) in [5, 5.41) is 6.15. The van der Waals surface area contributed by atoms with Crippen molar-refractivity contribution < 1.29 is 9.47 Å². The van der Waals surface area contributed by atoms with Crippen LogP contribution in [0, 0.1) is 0 Å². The molecule has 0 aliphatic heterocycles. The van der Waals surface area contributed by atoms with Gasteiger partial charge < -0.3 is 14.9 Å². The van der Waals surface area contributed by atoms with E-state index in [9.17, 15) is 0 Å². The molecule has 0 aromatic heterocycles. The molecule has 156 valence electrons. The maximum absolute atomic E-state index is 6.17. The van der Waals surface area contributed by atoms with Crippen LogP contribution in [0.25, 0.3) is 0 Å². The fourth-order valence-electron chi connectivity index (χ4n) is 2.68. The highest BCUT2D eigenvalue weighted by molar-refractivity contribution is 6.36. The Morgan fingerprint density at radius 1 is 0.900 bits per heavy atom. The van der Waals surface area contributed by atoms with E-state index in [1.54, 1.807) is 18.3 Å². The van der Waals surface area contributed by atoms with Crippen LogP contribution in [0.15, 0.2) is 65.8 Å². The third-order valence-corrected chi connectivity index (χ3v) is 5.16. The Kier molecular flexibility index (Phi) is 8.26. The highest BCUT2D eigenvalue weighted by Crippen LogP contribution is 2.29. The third kappa shape index (κ3) is 6.30. The van der Waals surface area contributed by atoms with Gasteiger partial charge in [-0.15, -0.1) is 0 Å². The molecule has 0 aliphatic carbocycles. The molecule has 0 saturated heterocycles. The van der Waals surface area contributed by atoms with E-state index in [-0.39, 0.29) is 0 Å². The lowest BCUT2D eigenvalue weighted by molar-refractivity contribution is 0.269. The van der Waals surface area contributed by atoms with Crippen LogP contribution in [0.5, 0.6) is 11.5 Å². The summed E-state index contributed by atoms with van der Waals surface area (Å²) in [7, 11) is 0. The molecule has 7 heteroatoms. The lowest BCUT2D eigenvalue weighted by atomic mass is 10.2. The van der Waals surface area contributed by atoms with Crippen molar-refractivity contribution in [2.45, 2.75) is 20.1 Å². The summed E-state index contributed by atoms with van der Waals surface area (Å²) in [6, 6.07) is 18.6. The second-order valence-electron chi connectivity index (χ2n) is 6.35. The van der Waals surface area contributed by atoms with Gasteiger partial charge in [0.2, 0.25) is 0 Å². The number of hydrogen-bond acceptors (Lipinski definition) is 4. The number of rotatable bonds is 9. The van der Waals surface area contributed by atoms with Gasteiger partial charge in [-0.3, -0.25) is 0 Å². The molecule has 30 heavy (non-hydrogen) atoms. The molecule has 4 nitrogen and oxygen atoms in total. The number of nitrogens with one attached hydrogen (secondary N) is 1. The van der Waals surface area contributed by atoms with Crippen LogP contribution >= 0.6 is 34.8 Å². The van der Waals surface area contributed by atoms with Crippen LogP contribution in [-0.2, 0) is 13.2 Å². The fraction of sp³-hybridized carbons (Fsp3) is 0.174. The molecule has 0 atom stereocenters. The number of halogens is 3. The number of hydrogen-bond donors (Lipinski definition) is 1. The van der Waals surface area contributed by atoms with E-state index in [2.05, 4.69) is 10.5 Å². The van der Waals surface area contributed by atoms with Gasteiger partial charge in [-0.25, -0.2) is 0 Å². The molecule has 0 heterocycles. The Morgan fingerprint density at radius 3 is 2.33 bits per heavy atom. The maximum Gasteiger partial charge on any atom is 0.161 e. The van der Waals surface area contributed by atoms with Crippen LogP contribution in [0.1, 0.15) is 23.6 Å². The van der Waals surface area contributed by atoms with Gasteiger partial charge in [-0.05, 0) is 60.5 Å². The Balaban J connectivity index is 1.63. The summed E-state index contributed by atoms with van der Waals surface area (Å²) in [4.78, 5) is 0. The molecule has 0 amide bonds. The number of benzene rings is 3. The van der Waals surface area contributed by atoms with Crippen molar-refractivity contribution in [3.8, 4) is 11.5 Å². The van der Waals surface area contributed by atoms with Crippen molar-refractivity contribution in [1.82, 2.24) is 5.43 Å². The molecule has 0 fully saturated rings. The standard InChI is InChI=1S/C23H21Cl3N2O2/c1-2-29-23-12-17(13-27-28-14-19-20(25)4-3-5-21(19)26)8-11-22(23)30-15-16-6-9-18(24)10-7-16/h3-13,28H,2,14-15H2,1H3/b27-13+. The van der Waals surface area contributed by atoms with Crippen molar-refractivity contribution in [1.29, 1.82) is 0 Å². The van der Waals surface area contributed by atoms with Gasteiger partial charge in [0.15, 0.2) is 11.5 Å². The van der Waals surface area contributed by atoms with Crippen molar-refractivity contribution >= 4 is 41.0 Å². The first kappa shape index (κ1) is 22.3. The topological polar surface area (TPSA) is 42.8 Å². The van der Waals surface area contributed by atoms with Gasteiger partial charge in [0, 0.05) is 20.6 Å². The van der Waals surface area contributed by atoms with Crippen molar-refractivity contribution in [2.24, 2.45) is 5.10 Å². The SMILES string of the molecule is CCOc1cc(/C=N/NCc2c(Cl)cccc2Cl)ccc1OCc1ccc(Cl)cc1. The minimum atomic E-state index is 0.421. The van der Waals surface area contributed by atoms with Crippen LogP contribution in [0.3, 0.4) is 0 Å². The summed E-state index contributed by atoms with van der Waals surface area (Å²) in [6.45, 7) is 3.31. The number of nitrogens with zero attached hydrogens (tertiary/aromatic N) is 1. The zero-order chi connectivity index (χ0) is 21.3. The zero-order valence-corrected chi connectivity index (χ0v) is 18.6. The second-order valence-corrected chi connectivity index (χ2v) is 7.60. The van der Waals surface area contributed by atoms with E-state index in [0.29, 0.717) is 46.3 Å². The Bertz CT molecular complexity index is 988. The molecule has 1 N–H and O–H groups in total.